The van der Waals surface area contributed by atoms with Gasteiger partial charge in [-0.25, -0.2) is 4.98 Å². The Balaban J connectivity index is 1.54. The first-order valence-electron chi connectivity index (χ1n) is 10.4. The third-order valence-electron chi connectivity index (χ3n) is 5.53. The Bertz CT molecular complexity index is 981. The number of hydrogen-bond donors (Lipinski definition) is 1. The third kappa shape index (κ3) is 4.91. The van der Waals surface area contributed by atoms with Crippen LogP contribution in [0.25, 0.3) is 10.4 Å². The number of thiazole rings is 1. The Morgan fingerprint density at radius 2 is 1.80 bits per heavy atom. The SMILES string of the molecule is Cc1nc(C(=O)NCC(c2ccc(Cl)cc2)N2CCCCC2)c(-c2ccccc2)s1. The van der Waals surface area contributed by atoms with Gasteiger partial charge in [-0.05, 0) is 56.1 Å². The normalized spacial score (nSPS) is 15.7. The van der Waals surface area contributed by atoms with E-state index in [1.165, 1.54) is 24.8 Å². The largest absolute Gasteiger partial charge is 0.349 e. The molecule has 0 saturated carbocycles. The Morgan fingerprint density at radius 1 is 1.10 bits per heavy atom. The van der Waals surface area contributed by atoms with E-state index in [1.807, 2.05) is 49.4 Å². The van der Waals surface area contributed by atoms with E-state index in [0.717, 1.165) is 33.6 Å². The molecule has 0 bridgehead atoms. The zero-order chi connectivity index (χ0) is 20.9. The molecule has 6 heteroatoms. The van der Waals surface area contributed by atoms with Crippen LogP contribution in [0, 0.1) is 6.92 Å². The van der Waals surface area contributed by atoms with Crippen LogP contribution in [0.4, 0.5) is 0 Å². The van der Waals surface area contributed by atoms with Gasteiger partial charge in [-0.1, -0.05) is 60.5 Å². The summed E-state index contributed by atoms with van der Waals surface area (Å²) in [7, 11) is 0. The van der Waals surface area contributed by atoms with Crippen molar-refractivity contribution in [2.75, 3.05) is 19.6 Å². The maximum absolute atomic E-state index is 13.1. The maximum Gasteiger partial charge on any atom is 0.271 e. The van der Waals surface area contributed by atoms with Crippen molar-refractivity contribution in [3.8, 4) is 10.4 Å². The summed E-state index contributed by atoms with van der Waals surface area (Å²) in [4.78, 5) is 21.0. The number of rotatable bonds is 6. The van der Waals surface area contributed by atoms with Crippen LogP contribution in [0.15, 0.2) is 54.6 Å². The molecular weight excluding hydrogens is 414 g/mol. The molecule has 1 saturated heterocycles. The van der Waals surface area contributed by atoms with Gasteiger partial charge < -0.3 is 5.32 Å². The van der Waals surface area contributed by atoms with Crippen molar-refractivity contribution < 1.29 is 4.79 Å². The lowest BCUT2D eigenvalue weighted by atomic mass is 10.0. The van der Waals surface area contributed by atoms with Gasteiger partial charge in [0, 0.05) is 11.6 Å². The lowest BCUT2D eigenvalue weighted by molar-refractivity contribution is 0.0920. The number of hydrogen-bond acceptors (Lipinski definition) is 4. The number of carbonyl (C=O) groups excluding carboxylic acids is 1. The molecule has 2 aromatic carbocycles. The van der Waals surface area contributed by atoms with Crippen LogP contribution in [-0.4, -0.2) is 35.4 Å². The zero-order valence-electron chi connectivity index (χ0n) is 17.1. The number of halogens is 1. The van der Waals surface area contributed by atoms with Crippen molar-refractivity contribution in [2.45, 2.75) is 32.2 Å². The highest BCUT2D eigenvalue weighted by Gasteiger charge is 2.24. The molecule has 156 valence electrons. The molecule has 1 aliphatic rings. The Labute approximate surface area is 186 Å². The van der Waals surface area contributed by atoms with Crippen LogP contribution in [0.3, 0.4) is 0 Å². The molecule has 1 aromatic heterocycles. The van der Waals surface area contributed by atoms with E-state index in [-0.39, 0.29) is 11.9 Å². The zero-order valence-corrected chi connectivity index (χ0v) is 18.7. The van der Waals surface area contributed by atoms with Crippen molar-refractivity contribution >= 4 is 28.8 Å². The number of piperidine rings is 1. The summed E-state index contributed by atoms with van der Waals surface area (Å²) in [6, 6.07) is 18.1. The molecule has 1 aliphatic heterocycles. The summed E-state index contributed by atoms with van der Waals surface area (Å²) in [5, 5.41) is 4.78. The van der Waals surface area contributed by atoms with Gasteiger partial charge in [0.05, 0.1) is 15.9 Å². The minimum Gasteiger partial charge on any atom is -0.349 e. The molecule has 0 aliphatic carbocycles. The number of nitrogens with one attached hydrogen (secondary N) is 1. The first-order valence-corrected chi connectivity index (χ1v) is 11.6. The molecule has 0 spiro atoms. The van der Waals surface area contributed by atoms with E-state index in [9.17, 15) is 4.79 Å². The van der Waals surface area contributed by atoms with E-state index in [0.29, 0.717) is 12.2 Å². The molecule has 2 heterocycles. The first-order chi connectivity index (χ1) is 14.6. The maximum atomic E-state index is 13.1. The average Bonchev–Trinajstić information content (AvgIpc) is 3.18. The Kier molecular flexibility index (Phi) is 6.82. The van der Waals surface area contributed by atoms with Gasteiger partial charge in [0.25, 0.3) is 5.91 Å². The molecule has 0 radical (unpaired) electrons. The fourth-order valence-corrected chi connectivity index (χ4v) is 5.06. The van der Waals surface area contributed by atoms with Crippen molar-refractivity contribution in [3.63, 3.8) is 0 Å². The molecule has 1 N–H and O–H groups in total. The summed E-state index contributed by atoms with van der Waals surface area (Å²) >= 11 is 7.66. The van der Waals surface area contributed by atoms with E-state index in [1.54, 1.807) is 11.3 Å². The second-order valence-corrected chi connectivity index (χ2v) is 9.29. The molecular formula is C24H26ClN3OS. The summed E-state index contributed by atoms with van der Waals surface area (Å²) < 4.78 is 0. The van der Waals surface area contributed by atoms with Gasteiger partial charge >= 0.3 is 0 Å². The van der Waals surface area contributed by atoms with Crippen LogP contribution in [0.5, 0.6) is 0 Å². The van der Waals surface area contributed by atoms with Crippen LogP contribution >= 0.6 is 22.9 Å². The Morgan fingerprint density at radius 3 is 2.50 bits per heavy atom. The fourth-order valence-electron chi connectivity index (χ4n) is 4.01. The monoisotopic (exact) mass is 439 g/mol. The van der Waals surface area contributed by atoms with Gasteiger partial charge in [-0.15, -0.1) is 11.3 Å². The highest BCUT2D eigenvalue weighted by atomic mass is 35.5. The first kappa shape index (κ1) is 21.0. The number of amides is 1. The van der Waals surface area contributed by atoms with Gasteiger partial charge in [0.15, 0.2) is 0 Å². The predicted molar refractivity (Wildman–Crippen MR) is 124 cm³/mol. The Hall–Kier alpha value is -2.21. The second-order valence-electron chi connectivity index (χ2n) is 7.65. The van der Waals surface area contributed by atoms with E-state index >= 15 is 0 Å². The molecule has 30 heavy (non-hydrogen) atoms. The summed E-state index contributed by atoms with van der Waals surface area (Å²) in [6.07, 6.45) is 3.66. The minimum absolute atomic E-state index is 0.117. The van der Waals surface area contributed by atoms with Crippen LogP contribution in [0.1, 0.15) is 46.4 Å². The second kappa shape index (κ2) is 9.73. The van der Waals surface area contributed by atoms with Crippen LogP contribution < -0.4 is 5.32 Å². The molecule has 1 amide bonds. The topological polar surface area (TPSA) is 45.2 Å². The molecule has 4 rings (SSSR count). The average molecular weight is 440 g/mol. The van der Waals surface area contributed by atoms with Crippen molar-refractivity contribution in [2.24, 2.45) is 0 Å². The standard InChI is InChI=1S/C24H26ClN3OS/c1-17-27-22(23(30-17)19-8-4-2-5-9-19)24(29)26-16-21(28-14-6-3-7-15-28)18-10-12-20(25)13-11-18/h2,4-5,8-13,21H,3,6-7,14-16H2,1H3,(H,26,29). The molecule has 1 fully saturated rings. The quantitative estimate of drug-likeness (QED) is 0.533. The molecule has 3 aromatic rings. The van der Waals surface area contributed by atoms with Gasteiger partial charge in [0.1, 0.15) is 5.69 Å². The molecule has 1 unspecified atom stereocenters. The highest BCUT2D eigenvalue weighted by Crippen LogP contribution is 2.30. The number of benzene rings is 2. The number of aromatic nitrogens is 1. The van der Waals surface area contributed by atoms with Gasteiger partial charge in [-0.2, -0.15) is 0 Å². The lowest BCUT2D eigenvalue weighted by Crippen LogP contribution is -2.40. The molecule has 1 atom stereocenters. The fraction of sp³-hybridized carbons (Fsp3) is 0.333. The number of aryl methyl sites for hydroxylation is 1. The smallest absolute Gasteiger partial charge is 0.271 e. The predicted octanol–water partition coefficient (Wildman–Crippen LogP) is 5.73. The van der Waals surface area contributed by atoms with Crippen molar-refractivity contribution in [1.82, 2.24) is 15.2 Å². The lowest BCUT2D eigenvalue weighted by Gasteiger charge is -2.35. The van der Waals surface area contributed by atoms with Crippen LogP contribution in [-0.2, 0) is 0 Å². The van der Waals surface area contributed by atoms with Crippen molar-refractivity contribution in [1.29, 1.82) is 0 Å². The number of nitrogens with zero attached hydrogens (tertiary/aromatic N) is 2. The van der Waals surface area contributed by atoms with E-state index in [4.69, 9.17) is 11.6 Å². The summed E-state index contributed by atoms with van der Waals surface area (Å²) in [5.41, 5.74) is 2.72. The molecule has 4 nitrogen and oxygen atoms in total. The van der Waals surface area contributed by atoms with E-state index < -0.39 is 0 Å². The van der Waals surface area contributed by atoms with Crippen LogP contribution in [0.2, 0.25) is 5.02 Å². The minimum atomic E-state index is -0.117. The van der Waals surface area contributed by atoms with Crippen molar-refractivity contribution in [3.05, 3.63) is 75.9 Å². The highest BCUT2D eigenvalue weighted by molar-refractivity contribution is 7.15. The summed E-state index contributed by atoms with van der Waals surface area (Å²) in [6.45, 7) is 4.59. The number of likely N-dealkylation sites (tertiary alicyclic amines) is 1. The van der Waals surface area contributed by atoms with Gasteiger partial charge in [0.2, 0.25) is 0 Å². The summed E-state index contributed by atoms with van der Waals surface area (Å²) in [5.74, 6) is -0.117. The third-order valence-corrected chi connectivity index (χ3v) is 6.80. The van der Waals surface area contributed by atoms with E-state index in [2.05, 4.69) is 27.3 Å². The van der Waals surface area contributed by atoms with Gasteiger partial charge in [-0.3, -0.25) is 9.69 Å². The number of carbonyl (C=O) groups is 1.